The molecular weight excluding hydrogens is 306 g/mol. The van der Waals surface area contributed by atoms with E-state index in [1.165, 1.54) is 0 Å². The number of carbonyl (C=O) groups excluding carboxylic acids is 1. The fourth-order valence-corrected chi connectivity index (χ4v) is 2.28. The van der Waals surface area contributed by atoms with Crippen LogP contribution >= 0.6 is 0 Å². The number of esters is 1. The van der Waals surface area contributed by atoms with Gasteiger partial charge in [-0.15, -0.1) is 0 Å². The fraction of sp³-hybridized carbons (Fsp3) is 0.158. The second kappa shape index (κ2) is 6.58. The maximum atomic E-state index is 12.1. The van der Waals surface area contributed by atoms with Gasteiger partial charge in [0.25, 0.3) is 0 Å². The van der Waals surface area contributed by atoms with E-state index in [9.17, 15) is 4.79 Å². The van der Waals surface area contributed by atoms with Gasteiger partial charge in [0, 0.05) is 11.6 Å². The molecule has 0 unspecified atom stereocenters. The number of hydrogen-bond donors (Lipinski definition) is 0. The number of aryl methyl sites for hydroxylation is 1. The Labute approximate surface area is 140 Å². The summed E-state index contributed by atoms with van der Waals surface area (Å²) in [6.07, 6.45) is 1.70. The number of nitrogens with zero attached hydrogens (tertiary/aromatic N) is 1. The number of carbonyl (C=O) groups is 1. The molecule has 0 saturated heterocycles. The first-order valence-corrected chi connectivity index (χ1v) is 7.42. The molecule has 3 rings (SSSR count). The van der Waals surface area contributed by atoms with Crippen LogP contribution in [-0.4, -0.2) is 26.1 Å². The molecule has 0 amide bonds. The molecule has 0 saturated carbocycles. The van der Waals surface area contributed by atoms with Gasteiger partial charge in [0.2, 0.25) is 5.90 Å². The minimum absolute atomic E-state index is 0.232. The Bertz CT molecular complexity index is 813. The molecule has 0 spiro atoms. The van der Waals surface area contributed by atoms with Crippen molar-refractivity contribution in [3.05, 3.63) is 64.9 Å². The van der Waals surface area contributed by atoms with Crippen molar-refractivity contribution in [3.63, 3.8) is 0 Å². The highest BCUT2D eigenvalue weighted by Crippen LogP contribution is 2.26. The summed E-state index contributed by atoms with van der Waals surface area (Å²) in [5, 5.41) is 0. The molecule has 0 fully saturated rings. The lowest BCUT2D eigenvalue weighted by Crippen LogP contribution is -2.06. The molecule has 1 aliphatic rings. The largest absolute Gasteiger partial charge is 0.497 e. The van der Waals surface area contributed by atoms with E-state index in [4.69, 9.17) is 14.2 Å². The van der Waals surface area contributed by atoms with Crippen molar-refractivity contribution in [3.8, 4) is 11.5 Å². The first-order valence-electron chi connectivity index (χ1n) is 7.42. The molecule has 2 aromatic rings. The molecule has 2 aromatic carbocycles. The van der Waals surface area contributed by atoms with E-state index in [0.717, 1.165) is 11.1 Å². The zero-order chi connectivity index (χ0) is 17.1. The van der Waals surface area contributed by atoms with E-state index >= 15 is 0 Å². The molecule has 122 valence electrons. The molecule has 1 heterocycles. The van der Waals surface area contributed by atoms with Crippen LogP contribution in [0.15, 0.2) is 53.2 Å². The highest BCUT2D eigenvalue weighted by atomic mass is 16.6. The van der Waals surface area contributed by atoms with Crippen LogP contribution in [0.1, 0.15) is 16.7 Å². The van der Waals surface area contributed by atoms with Crippen LogP contribution in [0.4, 0.5) is 0 Å². The van der Waals surface area contributed by atoms with Crippen LogP contribution in [0.5, 0.6) is 11.5 Å². The third-order valence-electron chi connectivity index (χ3n) is 3.60. The van der Waals surface area contributed by atoms with E-state index < -0.39 is 5.97 Å². The summed E-state index contributed by atoms with van der Waals surface area (Å²) in [5.41, 5.74) is 2.92. The van der Waals surface area contributed by atoms with Crippen LogP contribution in [0.25, 0.3) is 6.08 Å². The third kappa shape index (κ3) is 3.30. The Morgan fingerprint density at radius 3 is 2.21 bits per heavy atom. The van der Waals surface area contributed by atoms with Gasteiger partial charge in [0.15, 0.2) is 5.70 Å². The lowest BCUT2D eigenvalue weighted by molar-refractivity contribution is -0.129. The molecule has 0 N–H and O–H groups in total. The van der Waals surface area contributed by atoms with Crippen molar-refractivity contribution in [1.82, 2.24) is 0 Å². The molecule has 0 aliphatic carbocycles. The second-order valence-electron chi connectivity index (χ2n) is 5.35. The summed E-state index contributed by atoms with van der Waals surface area (Å²) >= 11 is 0. The Kier molecular flexibility index (Phi) is 4.33. The van der Waals surface area contributed by atoms with Crippen molar-refractivity contribution in [2.24, 2.45) is 4.99 Å². The van der Waals surface area contributed by atoms with Gasteiger partial charge < -0.3 is 14.2 Å². The number of rotatable bonds is 4. The van der Waals surface area contributed by atoms with Crippen molar-refractivity contribution < 1.29 is 19.0 Å². The molecular formula is C19H17NO4. The number of cyclic esters (lactones) is 1. The van der Waals surface area contributed by atoms with Crippen LogP contribution in [-0.2, 0) is 9.53 Å². The van der Waals surface area contributed by atoms with Gasteiger partial charge >= 0.3 is 5.97 Å². The predicted molar refractivity (Wildman–Crippen MR) is 91.3 cm³/mol. The zero-order valence-corrected chi connectivity index (χ0v) is 13.7. The molecule has 0 atom stereocenters. The molecule has 1 aliphatic heterocycles. The molecule has 0 bridgehead atoms. The number of ether oxygens (including phenoxy) is 3. The minimum Gasteiger partial charge on any atom is -0.497 e. The summed E-state index contributed by atoms with van der Waals surface area (Å²) in [6.45, 7) is 2.01. The normalized spacial score (nSPS) is 15.2. The fourth-order valence-electron chi connectivity index (χ4n) is 2.28. The van der Waals surface area contributed by atoms with Gasteiger partial charge in [-0.2, -0.15) is 0 Å². The Hall–Kier alpha value is -3.08. The van der Waals surface area contributed by atoms with Gasteiger partial charge in [-0.1, -0.05) is 29.8 Å². The first-order chi connectivity index (χ1) is 11.6. The average Bonchev–Trinajstić information content (AvgIpc) is 2.97. The minimum atomic E-state index is -0.479. The summed E-state index contributed by atoms with van der Waals surface area (Å²) in [4.78, 5) is 16.4. The van der Waals surface area contributed by atoms with Crippen molar-refractivity contribution in [2.75, 3.05) is 14.2 Å². The predicted octanol–water partition coefficient (Wildman–Crippen LogP) is 3.36. The van der Waals surface area contributed by atoms with Crippen LogP contribution in [0.2, 0.25) is 0 Å². The van der Waals surface area contributed by atoms with Gasteiger partial charge in [-0.05, 0) is 30.7 Å². The van der Waals surface area contributed by atoms with Crippen molar-refractivity contribution >= 4 is 17.9 Å². The summed E-state index contributed by atoms with van der Waals surface area (Å²) in [5.74, 6) is 0.945. The van der Waals surface area contributed by atoms with Crippen molar-refractivity contribution in [2.45, 2.75) is 6.92 Å². The maximum absolute atomic E-state index is 12.1. The highest BCUT2D eigenvalue weighted by molar-refractivity contribution is 6.13. The van der Waals surface area contributed by atoms with Gasteiger partial charge in [0.1, 0.15) is 11.5 Å². The van der Waals surface area contributed by atoms with E-state index in [1.54, 1.807) is 38.5 Å². The zero-order valence-electron chi connectivity index (χ0n) is 13.7. The van der Waals surface area contributed by atoms with E-state index in [0.29, 0.717) is 17.1 Å². The standard InChI is InChI=1S/C19H17NO4/c1-12-4-6-13(7-5-12)8-17-19(21)24-18(20-17)14-9-15(22-2)11-16(10-14)23-3/h4-11H,1-3H3. The quantitative estimate of drug-likeness (QED) is 0.639. The van der Waals surface area contributed by atoms with Gasteiger partial charge in [-0.3, -0.25) is 0 Å². The third-order valence-corrected chi connectivity index (χ3v) is 3.60. The molecule has 24 heavy (non-hydrogen) atoms. The van der Waals surface area contributed by atoms with E-state index in [2.05, 4.69) is 4.99 Å². The van der Waals surface area contributed by atoms with Crippen molar-refractivity contribution in [1.29, 1.82) is 0 Å². The van der Waals surface area contributed by atoms with Gasteiger partial charge in [-0.25, -0.2) is 9.79 Å². The number of hydrogen-bond acceptors (Lipinski definition) is 5. The smallest absolute Gasteiger partial charge is 0.363 e. The SMILES string of the molecule is COc1cc(OC)cc(C2=NC(=Cc3ccc(C)cc3)C(=O)O2)c1. The average molecular weight is 323 g/mol. The first kappa shape index (κ1) is 15.8. The number of aliphatic imine (C=N–C) groups is 1. The Morgan fingerprint density at radius 1 is 1.00 bits per heavy atom. The lowest BCUT2D eigenvalue weighted by Gasteiger charge is -2.07. The highest BCUT2D eigenvalue weighted by Gasteiger charge is 2.25. The summed E-state index contributed by atoms with van der Waals surface area (Å²) in [7, 11) is 3.12. The molecule has 5 nitrogen and oxygen atoms in total. The maximum Gasteiger partial charge on any atom is 0.363 e. The van der Waals surface area contributed by atoms with E-state index in [1.807, 2.05) is 31.2 Å². The van der Waals surface area contributed by atoms with Crippen LogP contribution in [0, 0.1) is 6.92 Å². The second-order valence-corrected chi connectivity index (χ2v) is 5.35. The monoisotopic (exact) mass is 323 g/mol. The summed E-state index contributed by atoms with van der Waals surface area (Å²) in [6, 6.07) is 13.0. The lowest BCUT2D eigenvalue weighted by atomic mass is 10.1. The molecule has 0 aromatic heterocycles. The van der Waals surface area contributed by atoms with Crippen LogP contribution in [0.3, 0.4) is 0 Å². The Morgan fingerprint density at radius 2 is 1.62 bits per heavy atom. The topological polar surface area (TPSA) is 57.1 Å². The number of benzene rings is 2. The Balaban J connectivity index is 1.95. The summed E-state index contributed by atoms with van der Waals surface area (Å²) < 4.78 is 15.7. The van der Waals surface area contributed by atoms with Crippen LogP contribution < -0.4 is 9.47 Å². The van der Waals surface area contributed by atoms with E-state index in [-0.39, 0.29) is 11.6 Å². The van der Waals surface area contributed by atoms with Gasteiger partial charge in [0.05, 0.1) is 14.2 Å². The molecule has 5 heteroatoms. The number of methoxy groups -OCH3 is 2. The molecule has 0 radical (unpaired) electrons.